The molecule has 4 nitrogen and oxygen atoms in total. The number of ether oxygens (including phenoxy) is 1. The zero-order valence-corrected chi connectivity index (χ0v) is 11.3. The predicted molar refractivity (Wildman–Crippen MR) is 78.6 cm³/mol. The normalized spacial score (nSPS) is 10.8. The van der Waals surface area contributed by atoms with Crippen LogP contribution in [0.3, 0.4) is 0 Å². The number of hydrogen-bond donors (Lipinski definition) is 1. The zero-order valence-electron chi connectivity index (χ0n) is 11.3. The van der Waals surface area contributed by atoms with Crippen LogP contribution in [-0.2, 0) is 13.0 Å². The first-order chi connectivity index (χ1) is 9.76. The van der Waals surface area contributed by atoms with E-state index in [0.29, 0.717) is 17.3 Å². The molecule has 0 fully saturated rings. The fourth-order valence-corrected chi connectivity index (χ4v) is 2.05. The summed E-state index contributed by atoms with van der Waals surface area (Å²) in [6.45, 7) is 2.38. The molecule has 2 N–H and O–H groups in total. The second kappa shape index (κ2) is 5.25. The van der Waals surface area contributed by atoms with Gasteiger partial charge in [-0.1, -0.05) is 25.1 Å². The predicted octanol–water partition coefficient (Wildman–Crippen LogP) is 3.55. The second-order valence-corrected chi connectivity index (χ2v) is 4.59. The summed E-state index contributed by atoms with van der Waals surface area (Å²) < 4.78 is 11.3. The molecule has 0 spiro atoms. The van der Waals surface area contributed by atoms with Gasteiger partial charge < -0.3 is 14.9 Å². The lowest BCUT2D eigenvalue weighted by Gasteiger charge is -2.05. The molecular formula is C16H16N2O2. The maximum atomic E-state index is 5.82. The van der Waals surface area contributed by atoms with Gasteiger partial charge in [0.05, 0.1) is 5.69 Å². The summed E-state index contributed by atoms with van der Waals surface area (Å²) in [6, 6.07) is 13.4. The Labute approximate surface area is 117 Å². The van der Waals surface area contributed by atoms with Gasteiger partial charge in [0.25, 0.3) is 0 Å². The lowest BCUT2D eigenvalue weighted by atomic mass is 10.1. The third-order valence-corrected chi connectivity index (χ3v) is 3.17. The molecule has 3 rings (SSSR count). The van der Waals surface area contributed by atoms with Crippen LogP contribution in [0.15, 0.2) is 46.9 Å². The summed E-state index contributed by atoms with van der Waals surface area (Å²) in [5, 5.41) is 0. The molecule has 1 heterocycles. The van der Waals surface area contributed by atoms with E-state index < -0.39 is 0 Å². The number of aromatic nitrogens is 1. The van der Waals surface area contributed by atoms with Crippen molar-refractivity contribution in [1.82, 2.24) is 4.98 Å². The van der Waals surface area contributed by atoms with E-state index in [2.05, 4.69) is 11.9 Å². The number of nitrogens with two attached hydrogens (primary N) is 1. The molecule has 0 amide bonds. The highest BCUT2D eigenvalue weighted by atomic mass is 16.5. The summed E-state index contributed by atoms with van der Waals surface area (Å²) in [5.41, 5.74) is 9.32. The molecule has 4 heteroatoms. The number of aryl methyl sites for hydroxylation is 1. The highest BCUT2D eigenvalue weighted by Gasteiger charge is 2.08. The van der Waals surface area contributed by atoms with E-state index in [1.807, 2.05) is 36.4 Å². The molecule has 2 aromatic carbocycles. The van der Waals surface area contributed by atoms with Gasteiger partial charge in [0.15, 0.2) is 12.2 Å². The van der Waals surface area contributed by atoms with Gasteiger partial charge in [-0.25, -0.2) is 4.98 Å². The maximum Gasteiger partial charge on any atom is 0.233 e. The van der Waals surface area contributed by atoms with Crippen molar-refractivity contribution in [2.75, 3.05) is 5.73 Å². The molecule has 0 atom stereocenters. The summed E-state index contributed by atoms with van der Waals surface area (Å²) in [7, 11) is 0. The molecule has 0 aliphatic heterocycles. The van der Waals surface area contributed by atoms with Gasteiger partial charge in [0, 0.05) is 0 Å². The quantitative estimate of drug-likeness (QED) is 0.735. The molecule has 1 aromatic heterocycles. The van der Waals surface area contributed by atoms with Crippen LogP contribution in [0.25, 0.3) is 11.1 Å². The van der Waals surface area contributed by atoms with Gasteiger partial charge in [0.2, 0.25) is 5.89 Å². The van der Waals surface area contributed by atoms with Crippen LogP contribution in [-0.4, -0.2) is 4.98 Å². The third-order valence-electron chi connectivity index (χ3n) is 3.17. The smallest absolute Gasteiger partial charge is 0.233 e. The van der Waals surface area contributed by atoms with Crippen molar-refractivity contribution in [3.8, 4) is 5.75 Å². The highest BCUT2D eigenvalue weighted by molar-refractivity contribution is 5.73. The van der Waals surface area contributed by atoms with Crippen LogP contribution >= 0.6 is 0 Å². The largest absolute Gasteiger partial charge is 0.482 e. The highest BCUT2D eigenvalue weighted by Crippen LogP contribution is 2.22. The van der Waals surface area contributed by atoms with Gasteiger partial charge in [-0.05, 0) is 36.2 Å². The molecule has 0 radical (unpaired) electrons. The van der Waals surface area contributed by atoms with Crippen molar-refractivity contribution < 1.29 is 9.15 Å². The summed E-state index contributed by atoms with van der Waals surface area (Å²) in [6.07, 6.45) is 0.981. The number of hydrogen-bond acceptors (Lipinski definition) is 4. The Kier molecular flexibility index (Phi) is 3.29. The molecule has 20 heavy (non-hydrogen) atoms. The van der Waals surface area contributed by atoms with E-state index in [-0.39, 0.29) is 6.61 Å². The van der Waals surface area contributed by atoms with Gasteiger partial charge in [-0.3, -0.25) is 0 Å². The molecule has 0 saturated carbocycles. The van der Waals surface area contributed by atoms with Gasteiger partial charge >= 0.3 is 0 Å². The van der Waals surface area contributed by atoms with Gasteiger partial charge in [-0.2, -0.15) is 0 Å². The van der Waals surface area contributed by atoms with Crippen molar-refractivity contribution in [2.24, 2.45) is 0 Å². The van der Waals surface area contributed by atoms with E-state index in [9.17, 15) is 0 Å². The van der Waals surface area contributed by atoms with Crippen LogP contribution in [0.5, 0.6) is 5.75 Å². The number of nitrogens with zero attached hydrogens (tertiary/aromatic N) is 1. The maximum absolute atomic E-state index is 5.82. The van der Waals surface area contributed by atoms with Crippen LogP contribution in [0, 0.1) is 0 Å². The fourth-order valence-electron chi connectivity index (χ4n) is 2.05. The SMILES string of the molecule is CCc1ccc2oc(COc3ccccc3N)nc2c1. The minimum Gasteiger partial charge on any atom is -0.482 e. The molecule has 0 saturated heterocycles. The van der Waals surface area contributed by atoms with E-state index in [1.165, 1.54) is 5.56 Å². The van der Waals surface area contributed by atoms with Gasteiger partial charge in [-0.15, -0.1) is 0 Å². The van der Waals surface area contributed by atoms with Crippen LogP contribution in [0.2, 0.25) is 0 Å². The van der Waals surface area contributed by atoms with Crippen LogP contribution in [0.4, 0.5) is 5.69 Å². The Morgan fingerprint density at radius 2 is 2.05 bits per heavy atom. The first-order valence-corrected chi connectivity index (χ1v) is 6.62. The van der Waals surface area contributed by atoms with E-state index in [4.69, 9.17) is 14.9 Å². The minimum absolute atomic E-state index is 0.268. The van der Waals surface area contributed by atoms with Gasteiger partial charge in [0.1, 0.15) is 11.3 Å². The lowest BCUT2D eigenvalue weighted by Crippen LogP contribution is -1.98. The first-order valence-electron chi connectivity index (χ1n) is 6.62. The van der Waals surface area contributed by atoms with Crippen LogP contribution in [0.1, 0.15) is 18.4 Å². The monoisotopic (exact) mass is 268 g/mol. The van der Waals surface area contributed by atoms with Crippen molar-refractivity contribution in [2.45, 2.75) is 20.0 Å². The number of anilines is 1. The molecule has 102 valence electrons. The van der Waals surface area contributed by atoms with Crippen molar-refractivity contribution in [1.29, 1.82) is 0 Å². The van der Waals surface area contributed by atoms with Crippen LogP contribution < -0.4 is 10.5 Å². The average Bonchev–Trinajstić information content (AvgIpc) is 2.88. The lowest BCUT2D eigenvalue weighted by molar-refractivity contribution is 0.268. The van der Waals surface area contributed by atoms with Crippen molar-refractivity contribution in [3.05, 3.63) is 53.9 Å². The Bertz CT molecular complexity index is 734. The second-order valence-electron chi connectivity index (χ2n) is 4.59. The number of benzene rings is 2. The molecule has 0 unspecified atom stereocenters. The Morgan fingerprint density at radius 3 is 2.85 bits per heavy atom. The fraction of sp³-hybridized carbons (Fsp3) is 0.188. The molecule has 3 aromatic rings. The number of fused-ring (bicyclic) bond motifs is 1. The Morgan fingerprint density at radius 1 is 1.20 bits per heavy atom. The number of oxazole rings is 1. The summed E-state index contributed by atoms with van der Waals surface area (Å²) in [4.78, 5) is 4.43. The molecular weight excluding hydrogens is 252 g/mol. The average molecular weight is 268 g/mol. The number of para-hydroxylation sites is 2. The Hall–Kier alpha value is -2.49. The van der Waals surface area contributed by atoms with E-state index >= 15 is 0 Å². The molecule has 0 aliphatic rings. The third kappa shape index (κ3) is 2.45. The number of rotatable bonds is 4. The Balaban J connectivity index is 1.79. The minimum atomic E-state index is 0.268. The van der Waals surface area contributed by atoms with Crippen molar-refractivity contribution in [3.63, 3.8) is 0 Å². The van der Waals surface area contributed by atoms with E-state index in [0.717, 1.165) is 17.5 Å². The summed E-state index contributed by atoms with van der Waals surface area (Å²) >= 11 is 0. The standard InChI is InChI=1S/C16H16N2O2/c1-2-11-7-8-15-13(9-11)18-16(20-15)10-19-14-6-4-3-5-12(14)17/h3-9H,2,10,17H2,1H3. The van der Waals surface area contributed by atoms with Crippen molar-refractivity contribution >= 4 is 16.8 Å². The van der Waals surface area contributed by atoms with E-state index in [1.54, 1.807) is 6.07 Å². The first kappa shape index (κ1) is 12.5. The summed E-state index contributed by atoms with van der Waals surface area (Å²) in [5.74, 6) is 1.19. The zero-order chi connectivity index (χ0) is 13.9. The topological polar surface area (TPSA) is 61.3 Å². The molecule has 0 bridgehead atoms. The number of nitrogen functional groups attached to an aromatic ring is 1. The molecule has 0 aliphatic carbocycles.